The van der Waals surface area contributed by atoms with Crippen LogP contribution in [-0.2, 0) is 4.79 Å². The lowest BCUT2D eigenvalue weighted by molar-refractivity contribution is -0.131. The molecule has 0 bridgehead atoms. The Morgan fingerprint density at radius 2 is 1.89 bits per heavy atom. The molecule has 0 rings (SSSR count). The van der Waals surface area contributed by atoms with E-state index in [2.05, 4.69) is 6.58 Å². The lowest BCUT2D eigenvalue weighted by Gasteiger charge is -1.64. The van der Waals surface area contributed by atoms with Crippen LogP contribution in [0.3, 0.4) is 0 Å². The zero-order valence-electron chi connectivity index (χ0n) is 5.24. The first kappa shape index (κ1) is 10.7. The second-order valence-electron chi connectivity index (χ2n) is 1.02. The van der Waals surface area contributed by atoms with Crippen LogP contribution in [0.1, 0.15) is 6.92 Å². The number of carboxylic acids is 1. The van der Waals surface area contributed by atoms with Gasteiger partial charge in [0, 0.05) is 6.08 Å². The lowest BCUT2D eigenvalue weighted by Crippen LogP contribution is -1.82. The Bertz CT molecular complexity index is 101. The summed E-state index contributed by atoms with van der Waals surface area (Å²) in [5, 5.41) is 15.3. The van der Waals surface area contributed by atoms with Gasteiger partial charge in [0.15, 0.2) is 0 Å². The van der Waals surface area contributed by atoms with Crippen molar-refractivity contribution < 1.29 is 15.0 Å². The third kappa shape index (κ3) is 49.7. The summed E-state index contributed by atoms with van der Waals surface area (Å²) in [5.74, 6) is -0.981. The van der Waals surface area contributed by atoms with Gasteiger partial charge < -0.3 is 10.2 Å². The summed E-state index contributed by atoms with van der Waals surface area (Å²) < 4.78 is 0. The van der Waals surface area contributed by atoms with E-state index < -0.39 is 5.97 Å². The predicted octanol–water partition coefficient (Wildman–Crippen LogP) is 1.33. The van der Waals surface area contributed by atoms with E-state index in [1.54, 1.807) is 13.0 Å². The molecule has 0 aliphatic heterocycles. The zero-order chi connectivity index (χ0) is 7.70. The van der Waals surface area contributed by atoms with Crippen LogP contribution in [0.2, 0.25) is 0 Å². The number of aliphatic carboxylic acids is 1. The molecule has 52 valence electrons. The Morgan fingerprint density at radius 1 is 1.67 bits per heavy atom. The smallest absolute Gasteiger partial charge is 0.327 e. The molecule has 0 saturated heterocycles. The molecule has 0 aromatic carbocycles. The molecule has 0 aliphatic carbocycles. The maximum atomic E-state index is 9.25. The summed E-state index contributed by atoms with van der Waals surface area (Å²) >= 11 is 0. The fourth-order valence-electron chi connectivity index (χ4n) is 0. The van der Waals surface area contributed by atoms with Gasteiger partial charge in [0.1, 0.15) is 0 Å². The van der Waals surface area contributed by atoms with Crippen LogP contribution >= 0.6 is 0 Å². The maximum Gasteiger partial charge on any atom is 0.327 e. The van der Waals surface area contributed by atoms with E-state index in [0.29, 0.717) is 0 Å². The van der Waals surface area contributed by atoms with Crippen LogP contribution in [0, 0.1) is 0 Å². The third-order valence-corrected chi connectivity index (χ3v) is 0.324. The first-order chi connectivity index (χ1) is 4.18. The Morgan fingerprint density at radius 3 is 1.89 bits per heavy atom. The number of allylic oxidation sites excluding steroid dienone is 1. The summed E-state index contributed by atoms with van der Waals surface area (Å²) in [6.45, 7) is 4.71. The maximum absolute atomic E-state index is 9.25. The average Bonchev–Trinajstić information content (AvgIpc) is 1.89. The minimum absolute atomic E-state index is 0.833. The van der Waals surface area contributed by atoms with Gasteiger partial charge in [0.05, 0.1) is 6.26 Å². The normalized spacial score (nSPS) is 7.67. The Kier molecular flexibility index (Phi) is 11.7. The quantitative estimate of drug-likeness (QED) is 0.416. The van der Waals surface area contributed by atoms with Crippen molar-refractivity contribution in [2.75, 3.05) is 0 Å². The standard InChI is InChI=1S/C3H4O2.C3H6O/c1-2-3(4)5;1-2-3-4/h2H,1H2,(H,4,5);2-4H,1H3. The first-order valence-electron chi connectivity index (χ1n) is 2.29. The molecule has 2 N–H and O–H groups in total. The molecule has 0 fully saturated rings. The molecule has 0 aromatic rings. The van der Waals surface area contributed by atoms with Crippen LogP contribution in [0.15, 0.2) is 25.0 Å². The van der Waals surface area contributed by atoms with E-state index in [0.717, 1.165) is 12.3 Å². The molecular formula is C6H10O3. The van der Waals surface area contributed by atoms with Crippen molar-refractivity contribution in [1.29, 1.82) is 0 Å². The highest BCUT2D eigenvalue weighted by atomic mass is 16.4. The largest absolute Gasteiger partial charge is 0.516 e. The summed E-state index contributed by atoms with van der Waals surface area (Å²) in [7, 11) is 0. The van der Waals surface area contributed by atoms with Gasteiger partial charge in [-0.3, -0.25) is 0 Å². The average molecular weight is 130 g/mol. The molecule has 3 heteroatoms. The van der Waals surface area contributed by atoms with E-state index in [1.165, 1.54) is 0 Å². The fourth-order valence-corrected chi connectivity index (χ4v) is 0. The Hall–Kier alpha value is -1.25. The van der Waals surface area contributed by atoms with Crippen LogP contribution in [-0.4, -0.2) is 16.2 Å². The van der Waals surface area contributed by atoms with Crippen LogP contribution < -0.4 is 0 Å². The number of rotatable bonds is 1. The minimum atomic E-state index is -0.981. The summed E-state index contributed by atoms with van der Waals surface area (Å²) in [6.07, 6.45) is 3.39. The van der Waals surface area contributed by atoms with Crippen molar-refractivity contribution in [2.24, 2.45) is 0 Å². The van der Waals surface area contributed by atoms with Crippen LogP contribution in [0.5, 0.6) is 0 Å². The Balaban J connectivity index is 0. The number of aliphatic hydroxyl groups is 1. The molecule has 9 heavy (non-hydrogen) atoms. The van der Waals surface area contributed by atoms with Gasteiger partial charge in [0.2, 0.25) is 0 Å². The van der Waals surface area contributed by atoms with E-state index in [1.807, 2.05) is 0 Å². The summed E-state index contributed by atoms with van der Waals surface area (Å²) in [6, 6.07) is 0. The molecular weight excluding hydrogens is 120 g/mol. The van der Waals surface area contributed by atoms with Crippen molar-refractivity contribution in [3.8, 4) is 0 Å². The molecule has 0 radical (unpaired) electrons. The van der Waals surface area contributed by atoms with Gasteiger partial charge in [-0.2, -0.15) is 0 Å². The molecule has 0 amide bonds. The second-order valence-corrected chi connectivity index (χ2v) is 1.02. The number of hydrogen-bond donors (Lipinski definition) is 2. The van der Waals surface area contributed by atoms with Gasteiger partial charge in [-0.1, -0.05) is 12.7 Å². The minimum Gasteiger partial charge on any atom is -0.516 e. The van der Waals surface area contributed by atoms with Crippen LogP contribution in [0.4, 0.5) is 0 Å². The number of carbonyl (C=O) groups is 1. The molecule has 0 spiro atoms. The van der Waals surface area contributed by atoms with Crippen molar-refractivity contribution in [3.63, 3.8) is 0 Å². The van der Waals surface area contributed by atoms with Gasteiger partial charge >= 0.3 is 5.97 Å². The van der Waals surface area contributed by atoms with E-state index >= 15 is 0 Å². The van der Waals surface area contributed by atoms with Crippen molar-refractivity contribution in [1.82, 2.24) is 0 Å². The molecule has 0 heterocycles. The van der Waals surface area contributed by atoms with E-state index in [-0.39, 0.29) is 0 Å². The second kappa shape index (κ2) is 9.89. The van der Waals surface area contributed by atoms with Gasteiger partial charge in [-0.25, -0.2) is 4.79 Å². The molecule has 0 saturated carbocycles. The highest BCUT2D eigenvalue weighted by molar-refractivity contribution is 5.78. The monoisotopic (exact) mass is 130 g/mol. The fraction of sp³-hybridized carbons (Fsp3) is 0.167. The van der Waals surface area contributed by atoms with Crippen molar-refractivity contribution in [3.05, 3.63) is 25.0 Å². The van der Waals surface area contributed by atoms with Crippen molar-refractivity contribution in [2.45, 2.75) is 6.92 Å². The lowest BCUT2D eigenvalue weighted by atomic mass is 10.7. The van der Waals surface area contributed by atoms with E-state index in [4.69, 9.17) is 10.2 Å². The van der Waals surface area contributed by atoms with Crippen LogP contribution in [0.25, 0.3) is 0 Å². The predicted molar refractivity (Wildman–Crippen MR) is 35.3 cm³/mol. The zero-order valence-corrected chi connectivity index (χ0v) is 5.24. The summed E-state index contributed by atoms with van der Waals surface area (Å²) in [4.78, 5) is 9.25. The van der Waals surface area contributed by atoms with E-state index in [9.17, 15) is 4.79 Å². The SMILES string of the molecule is C=CC(=O)O.CC=CO. The highest BCUT2D eigenvalue weighted by Gasteiger charge is 1.73. The first-order valence-corrected chi connectivity index (χ1v) is 2.29. The number of carboxylic acid groups (broad SMARTS) is 1. The third-order valence-electron chi connectivity index (χ3n) is 0.324. The molecule has 0 unspecified atom stereocenters. The molecule has 3 nitrogen and oxygen atoms in total. The van der Waals surface area contributed by atoms with Gasteiger partial charge in [-0.15, -0.1) is 0 Å². The topological polar surface area (TPSA) is 57.5 Å². The molecule has 0 aromatic heterocycles. The number of hydrogen-bond acceptors (Lipinski definition) is 2. The molecule has 0 atom stereocenters. The molecule has 0 aliphatic rings. The highest BCUT2D eigenvalue weighted by Crippen LogP contribution is 1.54. The van der Waals surface area contributed by atoms with Gasteiger partial charge in [-0.05, 0) is 6.92 Å². The Labute approximate surface area is 53.9 Å². The number of aliphatic hydroxyl groups excluding tert-OH is 1. The summed E-state index contributed by atoms with van der Waals surface area (Å²) in [5.41, 5.74) is 0. The van der Waals surface area contributed by atoms with Crippen molar-refractivity contribution >= 4 is 5.97 Å². The van der Waals surface area contributed by atoms with Gasteiger partial charge in [0.25, 0.3) is 0 Å².